The zero-order valence-corrected chi connectivity index (χ0v) is 15.0. The van der Waals surface area contributed by atoms with E-state index in [1.54, 1.807) is 17.6 Å². The van der Waals surface area contributed by atoms with E-state index in [2.05, 4.69) is 0 Å². The van der Waals surface area contributed by atoms with Crippen LogP contribution in [-0.2, 0) is 6.54 Å². The summed E-state index contributed by atoms with van der Waals surface area (Å²) in [6.45, 7) is 2.40. The minimum Gasteiger partial charge on any atom is -0.467 e. The van der Waals surface area contributed by atoms with Crippen molar-refractivity contribution in [1.82, 2.24) is 9.55 Å². The van der Waals surface area contributed by atoms with Gasteiger partial charge in [0.2, 0.25) is 0 Å². The maximum Gasteiger partial charge on any atom is 0.250 e. The number of rotatable bonds is 5. The summed E-state index contributed by atoms with van der Waals surface area (Å²) >= 11 is 1.57. The molecule has 3 heterocycles. The van der Waals surface area contributed by atoms with E-state index in [-0.39, 0.29) is 0 Å². The average molecular weight is 363 g/mol. The first-order chi connectivity index (χ1) is 12.6. The molecule has 0 aliphatic heterocycles. The monoisotopic (exact) mass is 363 g/mol. The molecule has 3 aromatic heterocycles. The number of primary amides is 1. The van der Waals surface area contributed by atoms with E-state index < -0.39 is 5.91 Å². The zero-order valence-electron chi connectivity index (χ0n) is 14.2. The molecule has 4 rings (SSSR count). The van der Waals surface area contributed by atoms with Gasteiger partial charge in [0.1, 0.15) is 10.8 Å². The number of hydrogen-bond acceptors (Lipinski definition) is 4. The van der Waals surface area contributed by atoms with Gasteiger partial charge in [0.25, 0.3) is 5.91 Å². The highest BCUT2D eigenvalue weighted by atomic mass is 32.1. The number of amides is 1. The number of thiazole rings is 1. The maximum absolute atomic E-state index is 11.8. The second-order valence-corrected chi connectivity index (χ2v) is 6.82. The SMILES string of the molecule is Cc1c(C(N)=O)cc(-c2csc(-c3ccccc3)n2)n1Cc1ccco1. The molecule has 6 heteroatoms. The molecule has 0 saturated carbocycles. The van der Waals surface area contributed by atoms with Gasteiger partial charge in [-0.1, -0.05) is 30.3 Å². The first-order valence-electron chi connectivity index (χ1n) is 8.17. The highest BCUT2D eigenvalue weighted by Gasteiger charge is 2.19. The summed E-state index contributed by atoms with van der Waals surface area (Å²) in [5, 5.41) is 2.94. The van der Waals surface area contributed by atoms with Gasteiger partial charge in [-0.3, -0.25) is 4.79 Å². The molecule has 0 saturated heterocycles. The van der Waals surface area contributed by atoms with Crippen LogP contribution in [0.3, 0.4) is 0 Å². The van der Waals surface area contributed by atoms with E-state index >= 15 is 0 Å². The third-order valence-corrected chi connectivity index (χ3v) is 5.20. The Morgan fingerprint density at radius 2 is 2.04 bits per heavy atom. The van der Waals surface area contributed by atoms with Crippen molar-refractivity contribution in [3.63, 3.8) is 0 Å². The van der Waals surface area contributed by atoms with Crippen LogP contribution in [-0.4, -0.2) is 15.5 Å². The van der Waals surface area contributed by atoms with E-state index in [0.29, 0.717) is 12.1 Å². The molecule has 0 bridgehead atoms. The van der Waals surface area contributed by atoms with Gasteiger partial charge in [-0.2, -0.15) is 0 Å². The molecule has 130 valence electrons. The van der Waals surface area contributed by atoms with Crippen molar-refractivity contribution in [2.24, 2.45) is 5.73 Å². The van der Waals surface area contributed by atoms with E-state index in [4.69, 9.17) is 15.1 Å². The minimum atomic E-state index is -0.444. The summed E-state index contributed by atoms with van der Waals surface area (Å²) in [6, 6.07) is 15.6. The Morgan fingerprint density at radius 3 is 2.73 bits per heavy atom. The fraction of sp³-hybridized carbons (Fsp3) is 0.100. The Bertz CT molecular complexity index is 1050. The molecule has 0 fully saturated rings. The number of carbonyl (C=O) groups excluding carboxylic acids is 1. The van der Waals surface area contributed by atoms with Gasteiger partial charge in [0.15, 0.2) is 0 Å². The van der Waals surface area contributed by atoms with Crippen LogP contribution >= 0.6 is 11.3 Å². The molecular formula is C20H17N3O2S. The van der Waals surface area contributed by atoms with Gasteiger partial charge < -0.3 is 14.7 Å². The Balaban J connectivity index is 1.79. The van der Waals surface area contributed by atoms with Crippen molar-refractivity contribution in [1.29, 1.82) is 0 Å². The fourth-order valence-corrected chi connectivity index (χ4v) is 3.79. The summed E-state index contributed by atoms with van der Waals surface area (Å²) in [6.07, 6.45) is 1.64. The predicted octanol–water partition coefficient (Wildman–Crippen LogP) is 4.33. The van der Waals surface area contributed by atoms with Crippen LogP contribution < -0.4 is 5.73 Å². The van der Waals surface area contributed by atoms with E-state index in [9.17, 15) is 4.79 Å². The first-order valence-corrected chi connectivity index (χ1v) is 9.05. The molecular weight excluding hydrogens is 346 g/mol. The lowest BCUT2D eigenvalue weighted by Crippen LogP contribution is -2.12. The molecule has 0 unspecified atom stereocenters. The van der Waals surface area contributed by atoms with Crippen molar-refractivity contribution in [2.75, 3.05) is 0 Å². The van der Waals surface area contributed by atoms with Crippen LogP contribution in [0.25, 0.3) is 22.0 Å². The highest BCUT2D eigenvalue weighted by molar-refractivity contribution is 7.13. The molecule has 0 atom stereocenters. The van der Waals surface area contributed by atoms with Crippen LogP contribution in [0.4, 0.5) is 0 Å². The quantitative estimate of drug-likeness (QED) is 0.573. The number of carbonyl (C=O) groups is 1. The molecule has 1 aromatic carbocycles. The van der Waals surface area contributed by atoms with Gasteiger partial charge in [0.05, 0.1) is 29.8 Å². The summed E-state index contributed by atoms with van der Waals surface area (Å²) in [4.78, 5) is 16.6. The Morgan fingerprint density at radius 1 is 1.23 bits per heavy atom. The van der Waals surface area contributed by atoms with E-state index in [0.717, 1.165) is 33.4 Å². The lowest BCUT2D eigenvalue weighted by Gasteiger charge is -2.09. The summed E-state index contributed by atoms with van der Waals surface area (Å²) in [5.74, 6) is 0.361. The Hall–Kier alpha value is -3.12. The number of aromatic nitrogens is 2. The van der Waals surface area contributed by atoms with Crippen LogP contribution in [0, 0.1) is 6.92 Å². The van der Waals surface area contributed by atoms with Crippen molar-refractivity contribution in [3.05, 3.63) is 77.2 Å². The van der Waals surface area contributed by atoms with Crippen LogP contribution in [0.5, 0.6) is 0 Å². The third-order valence-electron chi connectivity index (χ3n) is 4.31. The first kappa shape index (κ1) is 16.4. The van der Waals surface area contributed by atoms with E-state index in [1.165, 1.54) is 0 Å². The number of hydrogen-bond donors (Lipinski definition) is 1. The van der Waals surface area contributed by atoms with Crippen molar-refractivity contribution >= 4 is 17.2 Å². The molecule has 2 N–H and O–H groups in total. The van der Waals surface area contributed by atoms with Crippen LogP contribution in [0.15, 0.2) is 64.6 Å². The van der Waals surface area contributed by atoms with E-state index in [1.807, 2.05) is 65.4 Å². The summed E-state index contributed by atoms with van der Waals surface area (Å²) < 4.78 is 7.49. The lowest BCUT2D eigenvalue weighted by atomic mass is 10.2. The predicted molar refractivity (Wildman–Crippen MR) is 102 cm³/mol. The smallest absolute Gasteiger partial charge is 0.250 e. The standard InChI is InChI=1S/C20H17N3O2S/c1-13-16(19(21)24)10-18(23(13)11-15-8-5-9-25-15)17-12-26-20(22-17)14-6-3-2-4-7-14/h2-10,12H,11H2,1H3,(H2,21,24). The molecule has 0 aliphatic rings. The number of benzene rings is 1. The zero-order chi connectivity index (χ0) is 18.1. The van der Waals surface area contributed by atoms with Crippen molar-refractivity contribution in [2.45, 2.75) is 13.5 Å². The summed E-state index contributed by atoms with van der Waals surface area (Å²) in [7, 11) is 0. The van der Waals surface area contributed by atoms with Gasteiger partial charge in [-0.25, -0.2) is 4.98 Å². The minimum absolute atomic E-state index is 0.444. The molecule has 5 nitrogen and oxygen atoms in total. The van der Waals surface area contributed by atoms with Crippen molar-refractivity contribution in [3.8, 4) is 22.0 Å². The summed E-state index contributed by atoms with van der Waals surface area (Å²) in [5.41, 5.74) is 9.59. The van der Waals surface area contributed by atoms with Gasteiger partial charge in [-0.05, 0) is 25.1 Å². The molecule has 0 radical (unpaired) electrons. The Kier molecular flexibility index (Phi) is 4.18. The molecule has 1 amide bonds. The third kappa shape index (κ3) is 2.95. The fourth-order valence-electron chi connectivity index (χ4n) is 2.97. The maximum atomic E-state index is 11.8. The lowest BCUT2D eigenvalue weighted by molar-refractivity contribution is 0.0999. The Labute approximate surface area is 154 Å². The number of furan rings is 1. The van der Waals surface area contributed by atoms with Crippen molar-refractivity contribution < 1.29 is 9.21 Å². The average Bonchev–Trinajstić information content (AvgIpc) is 3.38. The number of nitrogens with zero attached hydrogens (tertiary/aromatic N) is 2. The number of nitrogens with two attached hydrogens (primary N) is 1. The van der Waals surface area contributed by atoms with Gasteiger partial charge >= 0.3 is 0 Å². The second kappa shape index (κ2) is 6.65. The molecule has 4 aromatic rings. The largest absolute Gasteiger partial charge is 0.467 e. The van der Waals surface area contributed by atoms with Gasteiger partial charge in [0, 0.05) is 16.6 Å². The highest BCUT2D eigenvalue weighted by Crippen LogP contribution is 2.31. The van der Waals surface area contributed by atoms with Crippen LogP contribution in [0.2, 0.25) is 0 Å². The molecule has 0 aliphatic carbocycles. The molecule has 26 heavy (non-hydrogen) atoms. The van der Waals surface area contributed by atoms with Crippen LogP contribution in [0.1, 0.15) is 21.8 Å². The second-order valence-electron chi connectivity index (χ2n) is 5.96. The topological polar surface area (TPSA) is 74.1 Å². The van der Waals surface area contributed by atoms with Gasteiger partial charge in [-0.15, -0.1) is 11.3 Å². The molecule has 0 spiro atoms. The normalized spacial score (nSPS) is 11.0.